The molecular weight excluding hydrogens is 226 g/mol. The maximum Gasteiger partial charge on any atom is 0.221 e. The zero-order valence-electron chi connectivity index (χ0n) is 11.2. The maximum atomic E-state index is 11.7. The van der Waals surface area contributed by atoms with Crippen LogP contribution >= 0.6 is 0 Å². The molecule has 0 aromatic rings. The highest BCUT2D eigenvalue weighted by Gasteiger charge is 2.12. The predicted molar refractivity (Wildman–Crippen MR) is 73.5 cm³/mol. The van der Waals surface area contributed by atoms with Gasteiger partial charge < -0.3 is 15.5 Å². The highest BCUT2D eigenvalue weighted by atomic mass is 16.1. The number of nitrogens with zero attached hydrogens (tertiary/aromatic N) is 1. The van der Waals surface area contributed by atoms with E-state index in [-0.39, 0.29) is 5.91 Å². The zero-order valence-corrected chi connectivity index (χ0v) is 11.2. The smallest absolute Gasteiger partial charge is 0.221 e. The minimum Gasteiger partial charge on any atom is -0.356 e. The summed E-state index contributed by atoms with van der Waals surface area (Å²) in [5.74, 6) is 0.205. The lowest BCUT2D eigenvalue weighted by Gasteiger charge is -2.15. The number of hydrogen-bond acceptors (Lipinski definition) is 3. The largest absolute Gasteiger partial charge is 0.356 e. The van der Waals surface area contributed by atoms with Gasteiger partial charge >= 0.3 is 0 Å². The molecule has 0 radical (unpaired) electrons. The molecule has 1 amide bonds. The number of carbonyl (C=O) groups is 1. The van der Waals surface area contributed by atoms with Crippen LogP contribution in [0.2, 0.25) is 0 Å². The third kappa shape index (κ3) is 4.78. The van der Waals surface area contributed by atoms with E-state index in [0.29, 0.717) is 6.42 Å². The molecule has 0 atom stereocenters. The first-order chi connectivity index (χ1) is 8.84. The Morgan fingerprint density at radius 3 is 2.94 bits per heavy atom. The first kappa shape index (κ1) is 13.6. The Bertz CT molecular complexity index is 295. The Hall–Kier alpha value is -0.870. The molecule has 2 aliphatic rings. The molecule has 18 heavy (non-hydrogen) atoms. The standard InChI is InChI=1S/C14H25N3O/c18-14(6-12-17-10-1-2-11-17)16-9-5-13-3-7-15-8-4-13/h3,15H,1-2,4-12H2,(H,16,18). The van der Waals surface area contributed by atoms with Crippen LogP contribution in [0.5, 0.6) is 0 Å². The van der Waals surface area contributed by atoms with Crippen molar-refractivity contribution in [1.29, 1.82) is 0 Å². The van der Waals surface area contributed by atoms with Crippen LogP contribution in [-0.4, -0.2) is 50.1 Å². The van der Waals surface area contributed by atoms with Gasteiger partial charge in [0.2, 0.25) is 5.91 Å². The Morgan fingerprint density at radius 2 is 2.22 bits per heavy atom. The van der Waals surface area contributed by atoms with E-state index in [9.17, 15) is 4.79 Å². The van der Waals surface area contributed by atoms with Gasteiger partial charge in [-0.15, -0.1) is 0 Å². The lowest BCUT2D eigenvalue weighted by molar-refractivity contribution is -0.121. The van der Waals surface area contributed by atoms with E-state index in [1.807, 2.05) is 0 Å². The quantitative estimate of drug-likeness (QED) is 0.689. The first-order valence-corrected chi connectivity index (χ1v) is 7.22. The van der Waals surface area contributed by atoms with Crippen molar-refractivity contribution in [3.63, 3.8) is 0 Å². The van der Waals surface area contributed by atoms with E-state index in [4.69, 9.17) is 0 Å². The summed E-state index contributed by atoms with van der Waals surface area (Å²) in [6.07, 6.45) is 7.63. The summed E-state index contributed by atoms with van der Waals surface area (Å²) < 4.78 is 0. The lowest BCUT2D eigenvalue weighted by atomic mass is 10.1. The normalized spacial score (nSPS) is 20.8. The molecule has 2 aliphatic heterocycles. The molecule has 0 saturated carbocycles. The molecule has 102 valence electrons. The molecule has 0 aromatic heterocycles. The second-order valence-corrected chi connectivity index (χ2v) is 5.22. The molecule has 0 unspecified atom stereocenters. The predicted octanol–water partition coefficient (Wildman–Crippen LogP) is 0.898. The van der Waals surface area contributed by atoms with E-state index in [1.165, 1.54) is 31.5 Å². The highest BCUT2D eigenvalue weighted by molar-refractivity contribution is 5.76. The maximum absolute atomic E-state index is 11.7. The zero-order chi connectivity index (χ0) is 12.6. The van der Waals surface area contributed by atoms with Gasteiger partial charge in [-0.05, 0) is 45.3 Å². The van der Waals surface area contributed by atoms with Gasteiger partial charge in [0.1, 0.15) is 0 Å². The molecule has 0 spiro atoms. The molecule has 2 heterocycles. The van der Waals surface area contributed by atoms with Crippen LogP contribution in [0.3, 0.4) is 0 Å². The van der Waals surface area contributed by atoms with E-state index >= 15 is 0 Å². The SMILES string of the molecule is O=C(CCN1CCCC1)NCCC1=CCNCC1. The Kier molecular flexibility index (Phi) is 5.68. The monoisotopic (exact) mass is 251 g/mol. The average Bonchev–Trinajstić information content (AvgIpc) is 2.91. The minimum atomic E-state index is 0.205. The lowest BCUT2D eigenvalue weighted by Crippen LogP contribution is -2.30. The highest BCUT2D eigenvalue weighted by Crippen LogP contribution is 2.08. The van der Waals surface area contributed by atoms with Gasteiger partial charge in [0.05, 0.1) is 0 Å². The Morgan fingerprint density at radius 1 is 1.39 bits per heavy atom. The number of carbonyl (C=O) groups excluding carboxylic acids is 1. The summed E-state index contributed by atoms with van der Waals surface area (Å²) in [5.41, 5.74) is 1.48. The van der Waals surface area contributed by atoms with Gasteiger partial charge in [0.15, 0.2) is 0 Å². The van der Waals surface area contributed by atoms with Crippen LogP contribution in [0.1, 0.15) is 32.1 Å². The molecular formula is C14H25N3O. The summed E-state index contributed by atoms with van der Waals surface area (Å²) in [7, 11) is 0. The topological polar surface area (TPSA) is 44.4 Å². The Labute approximate surface area is 110 Å². The van der Waals surface area contributed by atoms with Crippen LogP contribution in [0.15, 0.2) is 11.6 Å². The van der Waals surface area contributed by atoms with Gasteiger partial charge in [0.25, 0.3) is 0 Å². The molecule has 2 N–H and O–H groups in total. The van der Waals surface area contributed by atoms with Crippen molar-refractivity contribution in [2.75, 3.05) is 39.3 Å². The minimum absolute atomic E-state index is 0.205. The molecule has 4 nitrogen and oxygen atoms in total. The fraction of sp³-hybridized carbons (Fsp3) is 0.786. The second-order valence-electron chi connectivity index (χ2n) is 5.22. The molecule has 0 aliphatic carbocycles. The molecule has 1 saturated heterocycles. The third-order valence-corrected chi connectivity index (χ3v) is 3.78. The van der Waals surface area contributed by atoms with Crippen molar-refractivity contribution >= 4 is 5.91 Å². The summed E-state index contributed by atoms with van der Waals surface area (Å²) in [6.45, 7) is 6.14. The first-order valence-electron chi connectivity index (χ1n) is 7.22. The van der Waals surface area contributed by atoms with Crippen molar-refractivity contribution in [1.82, 2.24) is 15.5 Å². The fourth-order valence-corrected chi connectivity index (χ4v) is 2.61. The van der Waals surface area contributed by atoms with Crippen LogP contribution in [0.25, 0.3) is 0 Å². The number of likely N-dealkylation sites (tertiary alicyclic amines) is 1. The molecule has 1 fully saturated rings. The third-order valence-electron chi connectivity index (χ3n) is 3.78. The molecule has 0 aromatic carbocycles. The summed E-state index contributed by atoms with van der Waals surface area (Å²) in [4.78, 5) is 14.1. The molecule has 0 bridgehead atoms. The van der Waals surface area contributed by atoms with Crippen molar-refractivity contribution < 1.29 is 4.79 Å². The number of rotatable bonds is 6. The van der Waals surface area contributed by atoms with E-state index in [2.05, 4.69) is 21.6 Å². The van der Waals surface area contributed by atoms with Crippen LogP contribution in [-0.2, 0) is 4.79 Å². The van der Waals surface area contributed by atoms with Crippen molar-refractivity contribution in [2.45, 2.75) is 32.1 Å². The van der Waals surface area contributed by atoms with Crippen LogP contribution in [0, 0.1) is 0 Å². The van der Waals surface area contributed by atoms with E-state index < -0.39 is 0 Å². The average molecular weight is 251 g/mol. The van der Waals surface area contributed by atoms with Crippen LogP contribution in [0.4, 0.5) is 0 Å². The van der Waals surface area contributed by atoms with Crippen molar-refractivity contribution in [2.24, 2.45) is 0 Å². The van der Waals surface area contributed by atoms with Gasteiger partial charge in [-0.25, -0.2) is 0 Å². The summed E-state index contributed by atoms with van der Waals surface area (Å²) in [5, 5.41) is 6.32. The second kappa shape index (κ2) is 7.54. The van der Waals surface area contributed by atoms with Crippen LogP contribution < -0.4 is 10.6 Å². The van der Waals surface area contributed by atoms with Gasteiger partial charge in [-0.3, -0.25) is 4.79 Å². The van der Waals surface area contributed by atoms with Gasteiger partial charge in [-0.1, -0.05) is 11.6 Å². The molecule has 4 heteroatoms. The van der Waals surface area contributed by atoms with Gasteiger partial charge in [-0.2, -0.15) is 0 Å². The van der Waals surface area contributed by atoms with E-state index in [1.54, 1.807) is 0 Å². The van der Waals surface area contributed by atoms with Crippen molar-refractivity contribution in [3.8, 4) is 0 Å². The Balaban J connectivity index is 1.52. The number of amides is 1. The fourth-order valence-electron chi connectivity index (χ4n) is 2.61. The van der Waals surface area contributed by atoms with E-state index in [0.717, 1.165) is 39.0 Å². The number of nitrogens with one attached hydrogen (secondary N) is 2. The number of hydrogen-bond donors (Lipinski definition) is 2. The van der Waals surface area contributed by atoms with Crippen molar-refractivity contribution in [3.05, 3.63) is 11.6 Å². The summed E-state index contributed by atoms with van der Waals surface area (Å²) in [6, 6.07) is 0. The molecule has 2 rings (SSSR count). The summed E-state index contributed by atoms with van der Waals surface area (Å²) >= 11 is 0. The van der Waals surface area contributed by atoms with Gasteiger partial charge in [0, 0.05) is 26.1 Å².